The smallest absolute Gasteiger partial charge is 0.163 e. The first kappa shape index (κ1) is 11.9. The van der Waals surface area contributed by atoms with Gasteiger partial charge in [-0.05, 0) is 24.0 Å². The first-order valence-electron chi connectivity index (χ1n) is 5.03. The summed E-state index contributed by atoms with van der Waals surface area (Å²) in [7, 11) is 3.25. The molecule has 15 heavy (non-hydrogen) atoms. The van der Waals surface area contributed by atoms with Crippen LogP contribution in [0.1, 0.15) is 12.5 Å². The lowest BCUT2D eigenvalue weighted by Gasteiger charge is -2.14. The van der Waals surface area contributed by atoms with Crippen molar-refractivity contribution in [2.24, 2.45) is 5.92 Å². The van der Waals surface area contributed by atoms with Crippen LogP contribution in [0.5, 0.6) is 11.5 Å². The Bertz CT molecular complexity index is 310. The number of aliphatic hydroxyl groups is 1. The van der Waals surface area contributed by atoms with Crippen molar-refractivity contribution in [3.8, 4) is 11.5 Å². The lowest BCUT2D eigenvalue weighted by molar-refractivity contribution is 0.235. The van der Waals surface area contributed by atoms with Crippen molar-refractivity contribution in [1.82, 2.24) is 0 Å². The molecule has 1 N–H and O–H groups in total. The van der Waals surface area contributed by atoms with Gasteiger partial charge in [0, 0.05) is 6.61 Å². The quantitative estimate of drug-likeness (QED) is 0.806. The van der Waals surface area contributed by atoms with E-state index in [0.29, 0.717) is 0 Å². The van der Waals surface area contributed by atoms with Crippen LogP contribution in [0.25, 0.3) is 0 Å². The number of methoxy groups -OCH3 is 2. The van der Waals surface area contributed by atoms with E-state index in [9.17, 15) is 0 Å². The van der Waals surface area contributed by atoms with Crippen molar-refractivity contribution >= 4 is 0 Å². The van der Waals surface area contributed by atoms with E-state index in [0.717, 1.165) is 23.5 Å². The third-order valence-corrected chi connectivity index (χ3v) is 2.36. The molecule has 0 heterocycles. The number of rotatable bonds is 5. The van der Waals surface area contributed by atoms with E-state index >= 15 is 0 Å². The SMILES string of the molecule is COc1cccc(C[C@@H](C)CO)c1OC. The summed E-state index contributed by atoms with van der Waals surface area (Å²) in [6.07, 6.45) is 0.789. The molecule has 0 saturated carbocycles. The zero-order valence-electron chi connectivity index (χ0n) is 9.49. The molecule has 0 radical (unpaired) electrons. The number of hydrogen-bond acceptors (Lipinski definition) is 3. The van der Waals surface area contributed by atoms with Gasteiger partial charge < -0.3 is 14.6 Å². The first-order chi connectivity index (χ1) is 7.22. The van der Waals surface area contributed by atoms with Gasteiger partial charge in [0.15, 0.2) is 11.5 Å². The minimum atomic E-state index is 0.181. The predicted molar refractivity (Wildman–Crippen MR) is 59.5 cm³/mol. The van der Waals surface area contributed by atoms with Crippen molar-refractivity contribution < 1.29 is 14.6 Å². The minimum absolute atomic E-state index is 0.181. The zero-order chi connectivity index (χ0) is 11.3. The Balaban J connectivity index is 2.95. The number of para-hydroxylation sites is 1. The van der Waals surface area contributed by atoms with Crippen LogP contribution in [0, 0.1) is 5.92 Å². The first-order valence-corrected chi connectivity index (χ1v) is 5.03. The molecule has 1 aromatic rings. The lowest BCUT2D eigenvalue weighted by atomic mass is 10.0. The van der Waals surface area contributed by atoms with Gasteiger partial charge in [0.1, 0.15) is 0 Å². The van der Waals surface area contributed by atoms with Gasteiger partial charge in [-0.25, -0.2) is 0 Å². The van der Waals surface area contributed by atoms with Crippen LogP contribution in [0.4, 0.5) is 0 Å². The summed E-state index contributed by atoms with van der Waals surface area (Å²) < 4.78 is 10.5. The van der Waals surface area contributed by atoms with Gasteiger partial charge in [-0.2, -0.15) is 0 Å². The van der Waals surface area contributed by atoms with Gasteiger partial charge in [-0.15, -0.1) is 0 Å². The average molecular weight is 210 g/mol. The van der Waals surface area contributed by atoms with Crippen LogP contribution < -0.4 is 9.47 Å². The van der Waals surface area contributed by atoms with Crippen LogP contribution in [-0.2, 0) is 6.42 Å². The monoisotopic (exact) mass is 210 g/mol. The van der Waals surface area contributed by atoms with E-state index in [1.807, 2.05) is 25.1 Å². The molecule has 0 bridgehead atoms. The molecule has 1 aromatic carbocycles. The normalized spacial score (nSPS) is 12.3. The number of aliphatic hydroxyl groups excluding tert-OH is 1. The third kappa shape index (κ3) is 2.86. The highest BCUT2D eigenvalue weighted by Gasteiger charge is 2.11. The molecule has 0 spiro atoms. The van der Waals surface area contributed by atoms with Crippen LogP contribution in [0.15, 0.2) is 18.2 Å². The second-order valence-corrected chi connectivity index (χ2v) is 3.64. The van der Waals surface area contributed by atoms with Crippen LogP contribution >= 0.6 is 0 Å². The van der Waals surface area contributed by atoms with Gasteiger partial charge >= 0.3 is 0 Å². The topological polar surface area (TPSA) is 38.7 Å². The highest BCUT2D eigenvalue weighted by atomic mass is 16.5. The zero-order valence-corrected chi connectivity index (χ0v) is 9.49. The van der Waals surface area contributed by atoms with Gasteiger partial charge in [0.05, 0.1) is 14.2 Å². The van der Waals surface area contributed by atoms with Crippen LogP contribution in [0.3, 0.4) is 0 Å². The second-order valence-electron chi connectivity index (χ2n) is 3.64. The summed E-state index contributed by atoms with van der Waals surface area (Å²) >= 11 is 0. The molecule has 0 aliphatic carbocycles. The van der Waals surface area contributed by atoms with E-state index in [-0.39, 0.29) is 12.5 Å². The Morgan fingerprint density at radius 2 is 2.00 bits per heavy atom. The molecular weight excluding hydrogens is 192 g/mol. The maximum absolute atomic E-state index is 9.01. The van der Waals surface area contributed by atoms with Crippen molar-refractivity contribution in [1.29, 1.82) is 0 Å². The molecule has 0 aliphatic rings. The molecule has 84 valence electrons. The minimum Gasteiger partial charge on any atom is -0.493 e. The highest BCUT2D eigenvalue weighted by Crippen LogP contribution is 2.31. The molecule has 0 aliphatic heterocycles. The Labute approximate surface area is 90.6 Å². The molecule has 0 amide bonds. The second kappa shape index (κ2) is 5.61. The standard InChI is InChI=1S/C12H18O3/c1-9(8-13)7-10-5-4-6-11(14-2)12(10)15-3/h4-6,9,13H,7-8H2,1-3H3/t9-/m1/s1. The maximum atomic E-state index is 9.01. The highest BCUT2D eigenvalue weighted by molar-refractivity contribution is 5.46. The molecule has 0 aromatic heterocycles. The number of hydrogen-bond donors (Lipinski definition) is 1. The third-order valence-electron chi connectivity index (χ3n) is 2.36. The van der Waals surface area contributed by atoms with Crippen molar-refractivity contribution in [3.63, 3.8) is 0 Å². The largest absolute Gasteiger partial charge is 0.493 e. The maximum Gasteiger partial charge on any atom is 0.163 e. The van der Waals surface area contributed by atoms with E-state index in [1.54, 1.807) is 14.2 Å². The van der Waals surface area contributed by atoms with E-state index < -0.39 is 0 Å². The Morgan fingerprint density at radius 1 is 1.27 bits per heavy atom. The molecule has 3 nitrogen and oxygen atoms in total. The summed E-state index contributed by atoms with van der Waals surface area (Å²) in [5.74, 6) is 1.73. The summed E-state index contributed by atoms with van der Waals surface area (Å²) in [6.45, 7) is 2.18. The molecule has 0 fully saturated rings. The van der Waals surface area contributed by atoms with E-state index in [4.69, 9.17) is 14.6 Å². The lowest BCUT2D eigenvalue weighted by Crippen LogP contribution is -2.06. The Hall–Kier alpha value is -1.22. The van der Waals surface area contributed by atoms with Gasteiger partial charge in [-0.1, -0.05) is 19.1 Å². The fraction of sp³-hybridized carbons (Fsp3) is 0.500. The molecule has 0 saturated heterocycles. The molecule has 3 heteroatoms. The van der Waals surface area contributed by atoms with Gasteiger partial charge in [0.25, 0.3) is 0 Å². The Morgan fingerprint density at radius 3 is 2.53 bits per heavy atom. The van der Waals surface area contributed by atoms with Crippen LogP contribution in [0.2, 0.25) is 0 Å². The summed E-state index contributed by atoms with van der Waals surface area (Å²) in [4.78, 5) is 0. The molecule has 1 atom stereocenters. The van der Waals surface area contributed by atoms with E-state index in [2.05, 4.69) is 0 Å². The van der Waals surface area contributed by atoms with E-state index in [1.165, 1.54) is 0 Å². The Kier molecular flexibility index (Phi) is 4.43. The summed E-state index contributed by atoms with van der Waals surface area (Å²) in [6, 6.07) is 5.79. The predicted octanol–water partition coefficient (Wildman–Crippen LogP) is 1.87. The molecular formula is C12H18O3. The van der Waals surface area contributed by atoms with Crippen molar-refractivity contribution in [2.75, 3.05) is 20.8 Å². The molecule has 1 rings (SSSR count). The number of benzene rings is 1. The van der Waals surface area contributed by atoms with Gasteiger partial charge in [0.2, 0.25) is 0 Å². The fourth-order valence-electron chi connectivity index (χ4n) is 1.55. The van der Waals surface area contributed by atoms with Crippen molar-refractivity contribution in [2.45, 2.75) is 13.3 Å². The fourth-order valence-corrected chi connectivity index (χ4v) is 1.55. The summed E-state index contributed by atoms with van der Waals surface area (Å²) in [5.41, 5.74) is 1.07. The van der Waals surface area contributed by atoms with Crippen LogP contribution in [-0.4, -0.2) is 25.9 Å². The summed E-state index contributed by atoms with van der Waals surface area (Å²) in [5, 5.41) is 9.01. The molecule has 0 unspecified atom stereocenters. The van der Waals surface area contributed by atoms with Crippen molar-refractivity contribution in [3.05, 3.63) is 23.8 Å². The number of ether oxygens (including phenoxy) is 2. The van der Waals surface area contributed by atoms with Gasteiger partial charge in [-0.3, -0.25) is 0 Å². The average Bonchev–Trinajstić information content (AvgIpc) is 2.28.